The van der Waals surface area contributed by atoms with E-state index >= 15 is 0 Å². The molecule has 1 aromatic carbocycles. The molecule has 0 unspecified atom stereocenters. The van der Waals surface area contributed by atoms with E-state index in [1.807, 2.05) is 32.0 Å². The van der Waals surface area contributed by atoms with Gasteiger partial charge in [0.15, 0.2) is 0 Å². The van der Waals surface area contributed by atoms with Gasteiger partial charge in [-0.2, -0.15) is 5.10 Å². The molecule has 0 radical (unpaired) electrons. The number of rotatable bonds is 5. The summed E-state index contributed by atoms with van der Waals surface area (Å²) >= 11 is 6.14. The number of amides is 1. The van der Waals surface area contributed by atoms with Crippen molar-refractivity contribution in [3.63, 3.8) is 0 Å². The van der Waals surface area contributed by atoms with Gasteiger partial charge in [-0.25, -0.2) is 0 Å². The SMILES string of the molecule is COc1ccccc1N1CCC(NC(=O)Cn2nc(C)c(Cl)c2C)CC1. The lowest BCUT2D eigenvalue weighted by Gasteiger charge is -2.34. The number of para-hydroxylation sites is 2. The van der Waals surface area contributed by atoms with Gasteiger partial charge < -0.3 is 15.0 Å². The highest BCUT2D eigenvalue weighted by Gasteiger charge is 2.23. The number of hydrogen-bond donors (Lipinski definition) is 1. The van der Waals surface area contributed by atoms with Crippen molar-refractivity contribution in [1.82, 2.24) is 15.1 Å². The molecule has 26 heavy (non-hydrogen) atoms. The number of methoxy groups -OCH3 is 1. The lowest BCUT2D eigenvalue weighted by molar-refractivity contribution is -0.122. The van der Waals surface area contributed by atoms with E-state index < -0.39 is 0 Å². The van der Waals surface area contributed by atoms with Crippen LogP contribution >= 0.6 is 11.6 Å². The first-order valence-corrected chi connectivity index (χ1v) is 9.24. The molecule has 1 fully saturated rings. The second kappa shape index (κ2) is 7.99. The van der Waals surface area contributed by atoms with Gasteiger partial charge in [0, 0.05) is 19.1 Å². The maximum atomic E-state index is 12.4. The Morgan fingerprint density at radius 1 is 1.31 bits per heavy atom. The van der Waals surface area contributed by atoms with Crippen molar-refractivity contribution in [1.29, 1.82) is 0 Å². The van der Waals surface area contributed by atoms with E-state index in [-0.39, 0.29) is 18.5 Å². The number of carbonyl (C=O) groups is 1. The van der Waals surface area contributed by atoms with Gasteiger partial charge in [0.2, 0.25) is 5.91 Å². The number of carbonyl (C=O) groups excluding carboxylic acids is 1. The van der Waals surface area contributed by atoms with Crippen LogP contribution in [0.1, 0.15) is 24.2 Å². The number of halogens is 1. The van der Waals surface area contributed by atoms with E-state index in [2.05, 4.69) is 21.4 Å². The molecular formula is C19H25ClN4O2. The highest BCUT2D eigenvalue weighted by molar-refractivity contribution is 6.31. The van der Waals surface area contributed by atoms with Gasteiger partial charge in [-0.3, -0.25) is 9.48 Å². The van der Waals surface area contributed by atoms with Gasteiger partial charge >= 0.3 is 0 Å². The lowest BCUT2D eigenvalue weighted by atomic mass is 10.0. The molecule has 6 nitrogen and oxygen atoms in total. The molecule has 1 aromatic heterocycles. The largest absolute Gasteiger partial charge is 0.495 e. The molecule has 0 atom stereocenters. The smallest absolute Gasteiger partial charge is 0.241 e. The summed E-state index contributed by atoms with van der Waals surface area (Å²) in [6, 6.07) is 8.22. The van der Waals surface area contributed by atoms with Crippen molar-refractivity contribution in [2.24, 2.45) is 0 Å². The zero-order valence-electron chi connectivity index (χ0n) is 15.5. The van der Waals surface area contributed by atoms with Crippen LogP contribution in [0, 0.1) is 13.8 Å². The highest BCUT2D eigenvalue weighted by Crippen LogP contribution is 2.29. The molecule has 3 rings (SSSR count). The Morgan fingerprint density at radius 2 is 2.00 bits per heavy atom. The van der Waals surface area contributed by atoms with Crippen LogP contribution in [0.3, 0.4) is 0 Å². The molecule has 1 aliphatic heterocycles. The second-order valence-electron chi connectivity index (χ2n) is 6.64. The maximum Gasteiger partial charge on any atom is 0.241 e. The highest BCUT2D eigenvalue weighted by atomic mass is 35.5. The van der Waals surface area contributed by atoms with E-state index in [0.29, 0.717) is 5.02 Å². The van der Waals surface area contributed by atoms with Gasteiger partial charge in [-0.05, 0) is 38.8 Å². The predicted octanol–water partition coefficient (Wildman–Crippen LogP) is 2.95. The van der Waals surface area contributed by atoms with Crippen molar-refractivity contribution in [2.75, 3.05) is 25.1 Å². The van der Waals surface area contributed by atoms with Crippen LogP contribution in [0.15, 0.2) is 24.3 Å². The molecule has 2 heterocycles. The Kier molecular flexibility index (Phi) is 5.71. The Labute approximate surface area is 159 Å². The van der Waals surface area contributed by atoms with Crippen LogP contribution in [-0.2, 0) is 11.3 Å². The topological polar surface area (TPSA) is 59.4 Å². The fourth-order valence-electron chi connectivity index (χ4n) is 3.39. The third kappa shape index (κ3) is 3.96. The molecule has 140 valence electrons. The van der Waals surface area contributed by atoms with E-state index in [1.54, 1.807) is 11.8 Å². The number of nitrogens with zero attached hydrogens (tertiary/aromatic N) is 3. The van der Waals surface area contributed by atoms with Crippen molar-refractivity contribution in [3.8, 4) is 5.75 Å². The maximum absolute atomic E-state index is 12.4. The third-order valence-corrected chi connectivity index (χ3v) is 5.42. The lowest BCUT2D eigenvalue weighted by Crippen LogP contribution is -2.45. The van der Waals surface area contributed by atoms with Crippen LogP contribution < -0.4 is 15.0 Å². The summed E-state index contributed by atoms with van der Waals surface area (Å²) in [5.74, 6) is 0.861. The number of benzene rings is 1. The zero-order chi connectivity index (χ0) is 18.7. The molecule has 7 heteroatoms. The summed E-state index contributed by atoms with van der Waals surface area (Å²) in [6.07, 6.45) is 1.81. The molecule has 0 saturated carbocycles. The number of piperidine rings is 1. The van der Waals surface area contributed by atoms with Crippen LogP contribution in [0.25, 0.3) is 0 Å². The average molecular weight is 377 g/mol. The first kappa shape index (κ1) is 18.6. The van der Waals surface area contributed by atoms with E-state index in [4.69, 9.17) is 16.3 Å². The summed E-state index contributed by atoms with van der Waals surface area (Å²) < 4.78 is 7.11. The minimum Gasteiger partial charge on any atom is -0.495 e. The van der Waals surface area contributed by atoms with E-state index in [1.165, 1.54) is 0 Å². The number of hydrogen-bond acceptors (Lipinski definition) is 4. The number of nitrogens with one attached hydrogen (secondary N) is 1. The normalized spacial score (nSPS) is 15.2. The van der Waals surface area contributed by atoms with Crippen molar-refractivity contribution >= 4 is 23.2 Å². The molecule has 2 aromatic rings. The Morgan fingerprint density at radius 3 is 2.62 bits per heavy atom. The Bertz CT molecular complexity index is 782. The zero-order valence-corrected chi connectivity index (χ0v) is 16.2. The van der Waals surface area contributed by atoms with E-state index in [0.717, 1.165) is 48.8 Å². The van der Waals surface area contributed by atoms with E-state index in [9.17, 15) is 4.79 Å². The fourth-order valence-corrected chi connectivity index (χ4v) is 3.53. The number of aromatic nitrogens is 2. The summed E-state index contributed by atoms with van der Waals surface area (Å²) in [4.78, 5) is 14.7. The standard InChI is InChI=1S/C19H25ClN4O2/c1-13-19(20)14(2)24(22-13)12-18(25)21-15-8-10-23(11-9-15)16-6-4-5-7-17(16)26-3/h4-7,15H,8-12H2,1-3H3,(H,21,25). The van der Waals surface area contributed by atoms with Crippen LogP contribution in [0.2, 0.25) is 5.02 Å². The summed E-state index contributed by atoms with van der Waals surface area (Å²) in [5, 5.41) is 8.07. The minimum absolute atomic E-state index is 0.0250. The van der Waals surface area contributed by atoms with Crippen LogP contribution in [-0.4, -0.2) is 41.9 Å². The minimum atomic E-state index is -0.0250. The van der Waals surface area contributed by atoms with Gasteiger partial charge in [0.1, 0.15) is 12.3 Å². The number of ether oxygens (including phenoxy) is 1. The van der Waals surface area contributed by atoms with Crippen molar-refractivity contribution in [2.45, 2.75) is 39.3 Å². The van der Waals surface area contributed by atoms with Crippen molar-refractivity contribution in [3.05, 3.63) is 40.7 Å². The molecule has 1 N–H and O–H groups in total. The van der Waals surface area contributed by atoms with Gasteiger partial charge in [-0.1, -0.05) is 23.7 Å². The molecule has 1 saturated heterocycles. The monoisotopic (exact) mass is 376 g/mol. The summed E-state index contributed by atoms with van der Waals surface area (Å²) in [6.45, 7) is 5.69. The molecule has 0 bridgehead atoms. The molecule has 0 aliphatic carbocycles. The Hall–Kier alpha value is -2.21. The van der Waals surface area contributed by atoms with Crippen LogP contribution in [0.4, 0.5) is 5.69 Å². The molecular weight excluding hydrogens is 352 g/mol. The van der Waals surface area contributed by atoms with Gasteiger partial charge in [0.25, 0.3) is 0 Å². The Balaban J connectivity index is 1.53. The van der Waals surface area contributed by atoms with Crippen LogP contribution in [0.5, 0.6) is 5.75 Å². The fraction of sp³-hybridized carbons (Fsp3) is 0.474. The van der Waals surface area contributed by atoms with Crippen molar-refractivity contribution < 1.29 is 9.53 Å². The molecule has 1 aliphatic rings. The van der Waals surface area contributed by atoms with Gasteiger partial charge in [0.05, 0.1) is 29.2 Å². The predicted molar refractivity (Wildman–Crippen MR) is 103 cm³/mol. The molecule has 1 amide bonds. The molecule has 0 spiro atoms. The third-order valence-electron chi connectivity index (χ3n) is 4.87. The summed E-state index contributed by atoms with van der Waals surface area (Å²) in [5.41, 5.74) is 2.68. The first-order valence-electron chi connectivity index (χ1n) is 8.86. The first-order chi connectivity index (χ1) is 12.5. The number of aryl methyl sites for hydroxylation is 1. The number of anilines is 1. The average Bonchev–Trinajstić information content (AvgIpc) is 2.89. The second-order valence-corrected chi connectivity index (χ2v) is 7.02. The quantitative estimate of drug-likeness (QED) is 0.871. The summed E-state index contributed by atoms with van der Waals surface area (Å²) in [7, 11) is 1.69. The van der Waals surface area contributed by atoms with Gasteiger partial charge in [-0.15, -0.1) is 0 Å².